The van der Waals surface area contributed by atoms with Gasteiger partial charge in [0.15, 0.2) is 5.82 Å². The third-order valence-electron chi connectivity index (χ3n) is 11.9. The second kappa shape index (κ2) is 19.3. The van der Waals surface area contributed by atoms with Crippen molar-refractivity contribution in [1.82, 2.24) is 29.6 Å². The summed E-state index contributed by atoms with van der Waals surface area (Å²) in [4.78, 5) is 41.5. The third-order valence-corrected chi connectivity index (χ3v) is 16.9. The SMILES string of the molecule is CCC[C@@H](CCO[Si](c1ccccc1)(c1ccccc1)C(C)(C)C)Nc1nc(NC(=O)OC)nc2cnn(Cc3ccc(C4CCN(C(=O)OC(C)(C)C)CC4)c4cccnc34)c12. The molecule has 0 spiro atoms. The van der Waals surface area contributed by atoms with Crippen molar-refractivity contribution in [1.29, 1.82) is 0 Å². The van der Waals surface area contributed by atoms with E-state index in [9.17, 15) is 9.59 Å². The maximum absolute atomic E-state index is 12.8. The van der Waals surface area contributed by atoms with Gasteiger partial charge in [-0.1, -0.05) is 113 Å². The van der Waals surface area contributed by atoms with Crippen molar-refractivity contribution < 1.29 is 23.5 Å². The number of amides is 2. The Morgan fingerprint density at radius 3 is 2.17 bits per heavy atom. The van der Waals surface area contributed by atoms with Crippen LogP contribution < -0.4 is 21.0 Å². The smallest absolute Gasteiger partial charge is 0.413 e. The number of fused-ring (bicyclic) bond motifs is 2. The lowest BCUT2D eigenvalue weighted by atomic mass is 9.86. The summed E-state index contributed by atoms with van der Waals surface area (Å²) < 4.78 is 19.8. The van der Waals surface area contributed by atoms with Crippen LogP contribution in [0.3, 0.4) is 0 Å². The Morgan fingerprint density at radius 1 is 0.873 bits per heavy atom. The van der Waals surface area contributed by atoms with Crippen molar-refractivity contribution in [3.8, 4) is 0 Å². The van der Waals surface area contributed by atoms with Gasteiger partial charge in [0, 0.05) is 37.3 Å². The first-order valence-electron chi connectivity index (χ1n) is 22.1. The molecule has 14 heteroatoms. The van der Waals surface area contributed by atoms with E-state index in [0.717, 1.165) is 42.1 Å². The molecule has 1 fully saturated rings. The van der Waals surface area contributed by atoms with Gasteiger partial charge in [-0.3, -0.25) is 15.0 Å². The second-order valence-corrected chi connectivity index (χ2v) is 22.7. The number of carbonyl (C=O) groups excluding carboxylic acids is 2. The van der Waals surface area contributed by atoms with Crippen molar-refractivity contribution in [2.75, 3.05) is 37.4 Å². The van der Waals surface area contributed by atoms with Crippen LogP contribution in [-0.4, -0.2) is 88.6 Å². The number of ether oxygens (including phenoxy) is 2. The number of aromatic nitrogens is 5. The standard InChI is InChI=1S/C49H62N8O5Si/c1-9-17-36(27-31-61-63(49(5,6)7,37-18-12-10-13-19-37)38-20-14-11-15-21-38)52-44-43-41(53-45(54-44)55-46(58)60-8)32-51-57(43)33-35-23-24-39(40-22-16-28-50-42(35)40)34-25-29-56(30-26-34)47(59)62-48(2,3)4/h10-16,18-24,28,32,34,36H,9,17,25-27,29-31,33H2,1-8H3,(H2,52,53,54,55,58)/t36-/m0/s1. The van der Waals surface area contributed by atoms with Gasteiger partial charge < -0.3 is 24.1 Å². The van der Waals surface area contributed by atoms with E-state index in [1.54, 1.807) is 6.20 Å². The van der Waals surface area contributed by atoms with Crippen molar-refractivity contribution >= 4 is 64.6 Å². The zero-order valence-electron chi connectivity index (χ0n) is 38.0. The molecule has 0 bridgehead atoms. The summed E-state index contributed by atoms with van der Waals surface area (Å²) in [7, 11) is -1.45. The molecule has 1 atom stereocenters. The largest absolute Gasteiger partial charge is 0.453 e. The minimum Gasteiger partial charge on any atom is -0.453 e. The molecule has 7 rings (SSSR count). The van der Waals surface area contributed by atoms with Crippen LogP contribution in [0.25, 0.3) is 21.9 Å². The number of pyridine rings is 1. The van der Waals surface area contributed by atoms with Gasteiger partial charge in [-0.25, -0.2) is 14.6 Å². The summed E-state index contributed by atoms with van der Waals surface area (Å²) in [6, 6.07) is 29.8. The average Bonchev–Trinajstić information content (AvgIpc) is 3.67. The number of anilines is 2. The van der Waals surface area contributed by atoms with Gasteiger partial charge in [-0.2, -0.15) is 10.1 Å². The lowest BCUT2D eigenvalue weighted by Gasteiger charge is -2.43. The highest BCUT2D eigenvalue weighted by molar-refractivity contribution is 6.99. The molecule has 6 aromatic rings. The van der Waals surface area contributed by atoms with E-state index in [0.29, 0.717) is 49.5 Å². The number of piperidine rings is 1. The zero-order valence-corrected chi connectivity index (χ0v) is 39.0. The molecule has 0 radical (unpaired) electrons. The number of rotatable bonds is 14. The molecule has 0 saturated carbocycles. The molecule has 0 unspecified atom stereocenters. The number of benzene rings is 3. The highest BCUT2D eigenvalue weighted by Gasteiger charge is 2.50. The minimum absolute atomic E-state index is 0.0239. The van der Waals surface area contributed by atoms with Crippen LogP contribution in [0.15, 0.2) is 97.3 Å². The van der Waals surface area contributed by atoms with Crippen LogP contribution in [-0.2, 0) is 20.4 Å². The van der Waals surface area contributed by atoms with Gasteiger partial charge in [0.25, 0.3) is 8.32 Å². The van der Waals surface area contributed by atoms with Crippen LogP contribution >= 0.6 is 0 Å². The lowest BCUT2D eigenvalue weighted by molar-refractivity contribution is 0.0205. The van der Waals surface area contributed by atoms with Crippen LogP contribution in [0.1, 0.15) is 97.6 Å². The fraction of sp³-hybridized carbons (Fsp3) is 0.429. The molecule has 4 heterocycles. The Kier molecular flexibility index (Phi) is 13.8. The van der Waals surface area contributed by atoms with Gasteiger partial charge in [-0.15, -0.1) is 0 Å². The Bertz CT molecular complexity index is 2460. The summed E-state index contributed by atoms with van der Waals surface area (Å²) in [5.74, 6) is 0.943. The number of methoxy groups -OCH3 is 1. The molecule has 1 aliphatic heterocycles. The van der Waals surface area contributed by atoms with Gasteiger partial charge in [-0.05, 0) is 85.0 Å². The first-order chi connectivity index (χ1) is 30.2. The fourth-order valence-corrected chi connectivity index (χ4v) is 13.5. The normalized spacial score (nSPS) is 14.4. The van der Waals surface area contributed by atoms with Crippen LogP contribution in [0, 0.1) is 0 Å². The molecule has 0 aliphatic carbocycles. The molecule has 63 heavy (non-hydrogen) atoms. The summed E-state index contributed by atoms with van der Waals surface area (Å²) in [6.07, 6.45) is 6.78. The van der Waals surface area contributed by atoms with E-state index >= 15 is 0 Å². The van der Waals surface area contributed by atoms with Crippen molar-refractivity contribution in [3.05, 3.63) is 108 Å². The summed E-state index contributed by atoms with van der Waals surface area (Å²) in [5, 5.41) is 14.7. The first-order valence-corrected chi connectivity index (χ1v) is 24.1. The molecule has 332 valence electrons. The molecule has 1 aliphatic rings. The van der Waals surface area contributed by atoms with Crippen molar-refractivity contribution in [2.45, 2.75) is 110 Å². The molecule has 3 aromatic heterocycles. The van der Waals surface area contributed by atoms with Crippen molar-refractivity contribution in [3.63, 3.8) is 0 Å². The molecule has 1 saturated heterocycles. The van der Waals surface area contributed by atoms with Gasteiger partial charge >= 0.3 is 12.2 Å². The number of carbonyl (C=O) groups is 2. The van der Waals surface area contributed by atoms with E-state index in [4.69, 9.17) is 29.0 Å². The molecule has 13 nitrogen and oxygen atoms in total. The lowest BCUT2D eigenvalue weighted by Crippen LogP contribution is -2.66. The summed E-state index contributed by atoms with van der Waals surface area (Å²) in [5.41, 5.74) is 3.87. The van der Waals surface area contributed by atoms with E-state index in [1.165, 1.54) is 23.0 Å². The Hall–Kier alpha value is -5.86. The Labute approximate surface area is 372 Å². The maximum Gasteiger partial charge on any atom is 0.413 e. The van der Waals surface area contributed by atoms with E-state index in [1.807, 2.05) is 42.6 Å². The van der Waals surface area contributed by atoms with Crippen LogP contribution in [0.2, 0.25) is 5.04 Å². The molecule has 3 aromatic carbocycles. The molecular weight excluding hydrogens is 809 g/mol. The van der Waals surface area contributed by atoms with Gasteiger partial charge in [0.2, 0.25) is 5.95 Å². The van der Waals surface area contributed by atoms with E-state index < -0.39 is 20.0 Å². The minimum atomic E-state index is -2.76. The zero-order chi connectivity index (χ0) is 44.8. The highest BCUT2D eigenvalue weighted by Crippen LogP contribution is 2.38. The average molecular weight is 871 g/mol. The van der Waals surface area contributed by atoms with Crippen molar-refractivity contribution in [2.24, 2.45) is 0 Å². The third kappa shape index (κ3) is 10.2. The van der Waals surface area contributed by atoms with E-state index in [2.05, 4.69) is 122 Å². The molecule has 2 amide bonds. The summed E-state index contributed by atoms with van der Waals surface area (Å²) >= 11 is 0. The Morgan fingerprint density at radius 2 is 1.56 bits per heavy atom. The molecular formula is C49H62N8O5Si. The predicted molar refractivity (Wildman–Crippen MR) is 252 cm³/mol. The monoisotopic (exact) mass is 870 g/mol. The van der Waals surface area contributed by atoms with Crippen LogP contribution in [0.5, 0.6) is 0 Å². The fourth-order valence-electron chi connectivity index (χ4n) is 8.96. The number of nitrogens with one attached hydrogen (secondary N) is 2. The quantitative estimate of drug-likeness (QED) is 0.102. The number of nitrogens with zero attached hydrogens (tertiary/aromatic N) is 6. The Balaban J connectivity index is 1.17. The second-order valence-electron chi connectivity index (χ2n) is 18.4. The van der Waals surface area contributed by atoms with Gasteiger partial charge in [0.1, 0.15) is 16.6 Å². The van der Waals surface area contributed by atoms with Gasteiger partial charge in [0.05, 0.1) is 25.4 Å². The summed E-state index contributed by atoms with van der Waals surface area (Å²) in [6.45, 7) is 16.9. The number of hydrogen-bond donors (Lipinski definition) is 2. The molecule has 2 N–H and O–H groups in total. The van der Waals surface area contributed by atoms with E-state index in [-0.39, 0.29) is 29.0 Å². The topological polar surface area (TPSA) is 146 Å². The number of likely N-dealkylation sites (tertiary alicyclic amines) is 1. The number of hydrogen-bond acceptors (Lipinski definition) is 10. The predicted octanol–water partition coefficient (Wildman–Crippen LogP) is 9.26. The maximum atomic E-state index is 12.8. The first kappa shape index (κ1) is 45.2. The highest BCUT2D eigenvalue weighted by atomic mass is 28.4. The van der Waals surface area contributed by atoms with Crippen LogP contribution in [0.4, 0.5) is 21.4 Å².